The molecule has 134 valence electrons. The minimum Gasteiger partial charge on any atom is -0.353 e. The number of nitrogens with zero attached hydrogens (tertiary/aromatic N) is 3. The lowest BCUT2D eigenvalue weighted by atomic mass is 10.0. The fourth-order valence-electron chi connectivity index (χ4n) is 2.96. The van der Waals surface area contributed by atoms with Crippen molar-refractivity contribution in [3.8, 4) is 0 Å². The van der Waals surface area contributed by atoms with Crippen LogP contribution in [0.5, 0.6) is 0 Å². The van der Waals surface area contributed by atoms with Gasteiger partial charge in [0, 0.05) is 24.5 Å². The van der Waals surface area contributed by atoms with E-state index in [1.807, 2.05) is 63.2 Å². The Morgan fingerprint density at radius 2 is 1.96 bits per heavy atom. The third-order valence-electron chi connectivity index (χ3n) is 4.10. The molecular formula is C19H26N4O2. The smallest absolute Gasteiger partial charge is 0.348 e. The molecule has 25 heavy (non-hydrogen) atoms. The van der Waals surface area contributed by atoms with Crippen molar-refractivity contribution in [2.45, 2.75) is 33.4 Å². The molecule has 0 radical (unpaired) electrons. The Bertz CT molecular complexity index is 811. The molecule has 6 heteroatoms. The van der Waals surface area contributed by atoms with Crippen LogP contribution >= 0.6 is 0 Å². The Morgan fingerprint density at radius 1 is 1.24 bits per heavy atom. The Kier molecular flexibility index (Phi) is 6.09. The Morgan fingerprint density at radius 3 is 2.56 bits per heavy atom. The van der Waals surface area contributed by atoms with Gasteiger partial charge in [0.25, 0.3) is 0 Å². The van der Waals surface area contributed by atoms with Crippen molar-refractivity contribution < 1.29 is 4.79 Å². The summed E-state index contributed by atoms with van der Waals surface area (Å²) in [7, 11) is 3.76. The molecule has 0 unspecified atom stereocenters. The van der Waals surface area contributed by atoms with E-state index in [9.17, 15) is 9.59 Å². The first-order valence-corrected chi connectivity index (χ1v) is 8.35. The summed E-state index contributed by atoms with van der Waals surface area (Å²) in [6, 6.07) is 9.43. The first kappa shape index (κ1) is 18.9. The van der Waals surface area contributed by atoms with Crippen molar-refractivity contribution in [3.63, 3.8) is 0 Å². The SMILES string of the molecule is Cc1cccc([C@H](C(=O)NCCn2c(C)cc(C)nc2=O)N(C)C)c1. The molecule has 1 heterocycles. The molecule has 0 fully saturated rings. The predicted octanol–water partition coefficient (Wildman–Crippen LogP) is 1.59. The number of hydrogen-bond donors (Lipinski definition) is 1. The van der Waals surface area contributed by atoms with Gasteiger partial charge in [-0.3, -0.25) is 14.3 Å². The molecule has 1 N–H and O–H groups in total. The Hall–Kier alpha value is -2.47. The molecular weight excluding hydrogens is 316 g/mol. The van der Waals surface area contributed by atoms with Crippen LogP contribution in [0.1, 0.15) is 28.6 Å². The second kappa shape index (κ2) is 8.07. The fourth-order valence-corrected chi connectivity index (χ4v) is 2.96. The minimum atomic E-state index is -0.367. The van der Waals surface area contributed by atoms with Crippen LogP contribution in [-0.2, 0) is 11.3 Å². The highest BCUT2D eigenvalue weighted by molar-refractivity contribution is 5.83. The maximum absolute atomic E-state index is 12.7. The number of aromatic nitrogens is 2. The van der Waals surface area contributed by atoms with Crippen LogP contribution in [-0.4, -0.2) is 41.0 Å². The molecule has 0 bridgehead atoms. The van der Waals surface area contributed by atoms with Gasteiger partial charge < -0.3 is 5.32 Å². The number of carbonyl (C=O) groups is 1. The number of aryl methyl sites for hydroxylation is 3. The zero-order valence-corrected chi connectivity index (χ0v) is 15.5. The molecule has 0 aliphatic heterocycles. The summed E-state index contributed by atoms with van der Waals surface area (Å²) in [5.41, 5.74) is 3.33. The average Bonchev–Trinajstić information content (AvgIpc) is 2.49. The Balaban J connectivity index is 2.07. The lowest BCUT2D eigenvalue weighted by molar-refractivity contribution is -0.125. The van der Waals surface area contributed by atoms with Crippen molar-refractivity contribution >= 4 is 5.91 Å². The van der Waals surface area contributed by atoms with Crippen LogP contribution in [0.25, 0.3) is 0 Å². The summed E-state index contributed by atoms with van der Waals surface area (Å²) in [6.07, 6.45) is 0. The van der Waals surface area contributed by atoms with E-state index >= 15 is 0 Å². The van der Waals surface area contributed by atoms with Crippen molar-refractivity contribution in [2.24, 2.45) is 0 Å². The molecule has 2 rings (SSSR count). The second-order valence-corrected chi connectivity index (χ2v) is 6.54. The van der Waals surface area contributed by atoms with Gasteiger partial charge in [-0.1, -0.05) is 29.8 Å². The van der Waals surface area contributed by atoms with E-state index in [2.05, 4.69) is 10.3 Å². The number of nitrogens with one attached hydrogen (secondary N) is 1. The molecule has 2 aromatic rings. The molecule has 6 nitrogen and oxygen atoms in total. The molecule has 1 aromatic carbocycles. The highest BCUT2D eigenvalue weighted by Gasteiger charge is 2.22. The number of likely N-dealkylation sites (N-methyl/N-ethyl adjacent to an activating group) is 1. The van der Waals surface area contributed by atoms with Gasteiger partial charge in [0.2, 0.25) is 5.91 Å². The number of rotatable bonds is 6. The van der Waals surface area contributed by atoms with Gasteiger partial charge in [-0.05, 0) is 46.5 Å². The first-order valence-electron chi connectivity index (χ1n) is 8.35. The zero-order valence-electron chi connectivity index (χ0n) is 15.5. The van der Waals surface area contributed by atoms with Gasteiger partial charge in [0.1, 0.15) is 6.04 Å². The quantitative estimate of drug-likeness (QED) is 0.866. The molecule has 1 aromatic heterocycles. The van der Waals surface area contributed by atoms with E-state index in [1.54, 1.807) is 11.5 Å². The first-order chi connectivity index (χ1) is 11.8. The highest BCUT2D eigenvalue weighted by Crippen LogP contribution is 2.19. The van der Waals surface area contributed by atoms with E-state index < -0.39 is 0 Å². The normalized spacial score (nSPS) is 12.2. The maximum Gasteiger partial charge on any atom is 0.348 e. The van der Waals surface area contributed by atoms with E-state index in [0.717, 1.165) is 16.8 Å². The molecule has 1 amide bonds. The van der Waals surface area contributed by atoms with Crippen LogP contribution in [0.15, 0.2) is 35.1 Å². The highest BCUT2D eigenvalue weighted by atomic mass is 16.2. The van der Waals surface area contributed by atoms with Crippen LogP contribution in [0, 0.1) is 20.8 Å². The number of benzene rings is 1. The van der Waals surface area contributed by atoms with E-state index in [4.69, 9.17) is 0 Å². The molecule has 0 spiro atoms. The van der Waals surface area contributed by atoms with Gasteiger partial charge in [0.05, 0.1) is 0 Å². The van der Waals surface area contributed by atoms with Gasteiger partial charge in [-0.25, -0.2) is 4.79 Å². The molecule has 0 saturated heterocycles. The summed E-state index contributed by atoms with van der Waals surface area (Å²) in [6.45, 7) is 6.45. The second-order valence-electron chi connectivity index (χ2n) is 6.54. The van der Waals surface area contributed by atoms with E-state index in [0.29, 0.717) is 18.8 Å². The summed E-state index contributed by atoms with van der Waals surface area (Å²) >= 11 is 0. The van der Waals surface area contributed by atoms with Crippen LogP contribution in [0.2, 0.25) is 0 Å². The van der Waals surface area contributed by atoms with Gasteiger partial charge in [0.15, 0.2) is 0 Å². The monoisotopic (exact) mass is 342 g/mol. The van der Waals surface area contributed by atoms with Crippen molar-refractivity contribution in [2.75, 3.05) is 20.6 Å². The molecule has 1 atom stereocenters. The van der Waals surface area contributed by atoms with Crippen molar-refractivity contribution in [3.05, 3.63) is 63.3 Å². The third kappa shape index (κ3) is 4.76. The summed E-state index contributed by atoms with van der Waals surface area (Å²) < 4.78 is 1.57. The van der Waals surface area contributed by atoms with Crippen molar-refractivity contribution in [1.82, 2.24) is 19.8 Å². The minimum absolute atomic E-state index is 0.0821. The van der Waals surface area contributed by atoms with Gasteiger partial charge in [-0.15, -0.1) is 0 Å². The largest absolute Gasteiger partial charge is 0.353 e. The Labute approximate surface area is 148 Å². The molecule has 0 aliphatic carbocycles. The molecule has 0 saturated carbocycles. The lowest BCUT2D eigenvalue weighted by Crippen LogP contribution is -2.39. The lowest BCUT2D eigenvalue weighted by Gasteiger charge is -2.24. The summed E-state index contributed by atoms with van der Waals surface area (Å²) in [5, 5.41) is 2.93. The summed E-state index contributed by atoms with van der Waals surface area (Å²) in [4.78, 5) is 30.4. The van der Waals surface area contributed by atoms with Crippen LogP contribution < -0.4 is 11.0 Å². The van der Waals surface area contributed by atoms with Crippen LogP contribution in [0.3, 0.4) is 0 Å². The third-order valence-corrected chi connectivity index (χ3v) is 4.10. The topological polar surface area (TPSA) is 67.2 Å². The van der Waals surface area contributed by atoms with E-state index in [1.165, 1.54) is 0 Å². The van der Waals surface area contributed by atoms with Crippen LogP contribution in [0.4, 0.5) is 0 Å². The molecule has 0 aliphatic rings. The van der Waals surface area contributed by atoms with E-state index in [-0.39, 0.29) is 17.6 Å². The van der Waals surface area contributed by atoms with Gasteiger partial charge in [-0.2, -0.15) is 4.98 Å². The number of carbonyl (C=O) groups excluding carboxylic acids is 1. The number of amides is 1. The van der Waals surface area contributed by atoms with Gasteiger partial charge >= 0.3 is 5.69 Å². The average molecular weight is 342 g/mol. The summed E-state index contributed by atoms with van der Waals surface area (Å²) in [5.74, 6) is -0.0821. The maximum atomic E-state index is 12.7. The van der Waals surface area contributed by atoms with Crippen molar-refractivity contribution in [1.29, 1.82) is 0 Å². The number of hydrogen-bond acceptors (Lipinski definition) is 4. The fraction of sp³-hybridized carbons (Fsp3) is 0.421. The predicted molar refractivity (Wildman–Crippen MR) is 98.6 cm³/mol. The standard InChI is InChI=1S/C19H26N4O2/c1-13-7-6-8-16(11-13)17(22(4)5)18(24)20-9-10-23-15(3)12-14(2)21-19(23)25/h6-8,11-12,17H,9-10H2,1-5H3,(H,20,24)/t17-/m1/s1. The zero-order chi connectivity index (χ0) is 18.6.